The van der Waals surface area contributed by atoms with E-state index in [0.717, 1.165) is 0 Å². The van der Waals surface area contributed by atoms with Gasteiger partial charge in [0, 0.05) is 30.4 Å². The molecule has 1 aromatic carbocycles. The number of nitrogens with one attached hydrogen (secondary N) is 1. The fourth-order valence-electron chi connectivity index (χ4n) is 2.62. The third-order valence-electron chi connectivity index (χ3n) is 3.91. The third kappa shape index (κ3) is 5.05. The van der Waals surface area contributed by atoms with Gasteiger partial charge in [0.15, 0.2) is 9.84 Å². The molecule has 1 N–H and O–H groups in total. The molecule has 0 fully saturated rings. The zero-order valence-corrected chi connectivity index (χ0v) is 18.1. The molecule has 0 atom stereocenters. The maximum absolute atomic E-state index is 12.9. The molecule has 0 aliphatic rings. The summed E-state index contributed by atoms with van der Waals surface area (Å²) in [7, 11) is -3.82. The molecule has 10 heteroatoms. The second-order valence-electron chi connectivity index (χ2n) is 6.10. The van der Waals surface area contributed by atoms with Crippen molar-refractivity contribution in [2.45, 2.75) is 17.6 Å². The summed E-state index contributed by atoms with van der Waals surface area (Å²) in [6.45, 7) is 1.38. The number of rotatable bonds is 5. The first kappa shape index (κ1) is 21.5. The molecule has 150 valence electrons. The van der Waals surface area contributed by atoms with E-state index in [1.165, 1.54) is 37.5 Å². The van der Waals surface area contributed by atoms with Crippen LogP contribution in [0.25, 0.3) is 11.1 Å². The van der Waals surface area contributed by atoms with Crippen molar-refractivity contribution in [1.82, 2.24) is 9.97 Å². The molecule has 2 aromatic heterocycles. The Hall–Kier alpha value is -2.19. The number of halogens is 3. The third-order valence-corrected chi connectivity index (χ3v) is 6.88. The van der Waals surface area contributed by atoms with Crippen molar-refractivity contribution in [3.05, 3.63) is 69.6 Å². The predicted molar refractivity (Wildman–Crippen MR) is 114 cm³/mol. The molecule has 2 heterocycles. The van der Waals surface area contributed by atoms with Gasteiger partial charge in [-0.2, -0.15) is 0 Å². The van der Waals surface area contributed by atoms with Crippen LogP contribution < -0.4 is 5.32 Å². The number of anilines is 1. The van der Waals surface area contributed by atoms with Gasteiger partial charge in [0.05, 0.1) is 20.7 Å². The van der Waals surface area contributed by atoms with Crippen molar-refractivity contribution in [1.29, 1.82) is 0 Å². The molecule has 3 aromatic rings. The summed E-state index contributed by atoms with van der Waals surface area (Å²) >= 11 is 18.2. The number of hydrogen-bond donors (Lipinski definition) is 1. The minimum atomic E-state index is -3.82. The quantitative estimate of drug-likeness (QED) is 0.528. The highest BCUT2D eigenvalue weighted by Crippen LogP contribution is 2.32. The maximum atomic E-state index is 12.9. The molecule has 0 saturated heterocycles. The second-order valence-corrected chi connectivity index (χ2v) is 9.20. The molecule has 0 aliphatic carbocycles. The van der Waals surface area contributed by atoms with Gasteiger partial charge in [-0.1, -0.05) is 40.9 Å². The largest absolute Gasteiger partial charge is 0.311 e. The van der Waals surface area contributed by atoms with Crippen LogP contribution in [0.5, 0.6) is 0 Å². The van der Waals surface area contributed by atoms with Crippen LogP contribution in [0.2, 0.25) is 15.2 Å². The minimum absolute atomic E-state index is 0.0384. The first-order chi connectivity index (χ1) is 13.7. The van der Waals surface area contributed by atoms with Gasteiger partial charge in [0.1, 0.15) is 11.0 Å². The van der Waals surface area contributed by atoms with E-state index in [-0.39, 0.29) is 26.0 Å². The van der Waals surface area contributed by atoms with Crippen LogP contribution >= 0.6 is 34.8 Å². The SMILES string of the molecule is CC(=O)Nc1cc(-c2cnc(Cl)c(CS(=O)(=O)c3cccc(Cl)c3Cl)c2)ccn1. The van der Waals surface area contributed by atoms with Gasteiger partial charge in [-0.3, -0.25) is 4.79 Å². The Labute approximate surface area is 182 Å². The highest BCUT2D eigenvalue weighted by atomic mass is 35.5. The van der Waals surface area contributed by atoms with Gasteiger partial charge in [0.25, 0.3) is 0 Å². The average molecular weight is 471 g/mol. The summed E-state index contributed by atoms with van der Waals surface area (Å²) in [5, 5.41) is 2.76. The Morgan fingerprint density at radius 3 is 2.55 bits per heavy atom. The Balaban J connectivity index is 1.98. The van der Waals surface area contributed by atoms with Crippen LogP contribution in [0.4, 0.5) is 5.82 Å². The summed E-state index contributed by atoms with van der Waals surface area (Å²) < 4.78 is 25.7. The first-order valence-corrected chi connectivity index (χ1v) is 11.0. The summed E-state index contributed by atoms with van der Waals surface area (Å²) in [6, 6.07) is 9.39. The van der Waals surface area contributed by atoms with E-state index < -0.39 is 15.6 Å². The molecule has 0 saturated carbocycles. The molecule has 6 nitrogen and oxygen atoms in total. The van der Waals surface area contributed by atoms with E-state index in [9.17, 15) is 13.2 Å². The normalized spacial score (nSPS) is 11.3. The van der Waals surface area contributed by atoms with Crippen LogP contribution in [0.1, 0.15) is 12.5 Å². The Morgan fingerprint density at radius 2 is 1.83 bits per heavy atom. The molecule has 0 aliphatic heterocycles. The molecule has 0 bridgehead atoms. The lowest BCUT2D eigenvalue weighted by molar-refractivity contribution is -0.114. The van der Waals surface area contributed by atoms with Crippen molar-refractivity contribution in [3.8, 4) is 11.1 Å². The van der Waals surface area contributed by atoms with Crippen LogP contribution in [0.15, 0.2) is 53.7 Å². The van der Waals surface area contributed by atoms with Gasteiger partial charge in [-0.05, 0) is 35.9 Å². The highest BCUT2D eigenvalue weighted by Gasteiger charge is 2.22. The summed E-state index contributed by atoms with van der Waals surface area (Å²) in [6.07, 6.45) is 3.04. The topological polar surface area (TPSA) is 89.0 Å². The van der Waals surface area contributed by atoms with Gasteiger partial charge >= 0.3 is 0 Å². The molecule has 0 radical (unpaired) electrons. The van der Waals surface area contributed by atoms with Crippen molar-refractivity contribution in [3.63, 3.8) is 0 Å². The monoisotopic (exact) mass is 469 g/mol. The average Bonchev–Trinajstić information content (AvgIpc) is 2.65. The van der Waals surface area contributed by atoms with Crippen LogP contribution in [0.3, 0.4) is 0 Å². The molecular formula is C19H14Cl3N3O3S. The highest BCUT2D eigenvalue weighted by molar-refractivity contribution is 7.90. The Kier molecular flexibility index (Phi) is 6.43. The molecular weight excluding hydrogens is 457 g/mol. The molecule has 0 unspecified atom stereocenters. The lowest BCUT2D eigenvalue weighted by Crippen LogP contribution is -2.08. The number of carbonyl (C=O) groups is 1. The summed E-state index contributed by atoms with van der Waals surface area (Å²) in [5.74, 6) is -0.296. The minimum Gasteiger partial charge on any atom is -0.311 e. The van der Waals surface area contributed by atoms with Gasteiger partial charge in [-0.25, -0.2) is 18.4 Å². The predicted octanol–water partition coefficient (Wildman–Crippen LogP) is 5.04. The number of amides is 1. The number of aromatic nitrogens is 2. The number of nitrogens with zero attached hydrogens (tertiary/aromatic N) is 2. The Bertz CT molecular complexity index is 1200. The Morgan fingerprint density at radius 1 is 1.07 bits per heavy atom. The van der Waals surface area contributed by atoms with Crippen LogP contribution in [0, 0.1) is 0 Å². The van der Waals surface area contributed by atoms with Crippen LogP contribution in [-0.4, -0.2) is 24.3 Å². The van der Waals surface area contributed by atoms with Crippen molar-refractivity contribution < 1.29 is 13.2 Å². The van der Waals surface area contributed by atoms with E-state index in [2.05, 4.69) is 15.3 Å². The lowest BCUT2D eigenvalue weighted by Gasteiger charge is -2.11. The molecule has 0 spiro atoms. The number of hydrogen-bond acceptors (Lipinski definition) is 5. The maximum Gasteiger partial charge on any atom is 0.222 e. The zero-order valence-electron chi connectivity index (χ0n) is 15.0. The van der Waals surface area contributed by atoms with E-state index in [0.29, 0.717) is 22.5 Å². The van der Waals surface area contributed by atoms with Gasteiger partial charge in [-0.15, -0.1) is 0 Å². The van der Waals surface area contributed by atoms with Crippen molar-refractivity contribution in [2.75, 3.05) is 5.32 Å². The zero-order chi connectivity index (χ0) is 21.2. The van der Waals surface area contributed by atoms with Gasteiger partial charge < -0.3 is 5.32 Å². The van der Waals surface area contributed by atoms with E-state index in [1.807, 2.05) is 0 Å². The van der Waals surface area contributed by atoms with E-state index >= 15 is 0 Å². The van der Waals surface area contributed by atoms with E-state index in [1.54, 1.807) is 18.2 Å². The summed E-state index contributed by atoms with van der Waals surface area (Å²) in [4.78, 5) is 19.3. The fraction of sp³-hybridized carbons (Fsp3) is 0.105. The van der Waals surface area contributed by atoms with Crippen molar-refractivity contribution >= 4 is 56.4 Å². The number of benzene rings is 1. The summed E-state index contributed by atoms with van der Waals surface area (Å²) in [5.41, 5.74) is 1.61. The molecule has 3 rings (SSSR count). The van der Waals surface area contributed by atoms with E-state index in [4.69, 9.17) is 34.8 Å². The lowest BCUT2D eigenvalue weighted by atomic mass is 10.1. The number of carbonyl (C=O) groups excluding carboxylic acids is 1. The van der Waals surface area contributed by atoms with Crippen molar-refractivity contribution in [2.24, 2.45) is 0 Å². The number of pyridine rings is 2. The fourth-order valence-corrected chi connectivity index (χ4v) is 5.03. The number of sulfone groups is 1. The second kappa shape index (κ2) is 8.67. The smallest absolute Gasteiger partial charge is 0.222 e. The first-order valence-electron chi connectivity index (χ1n) is 8.22. The molecule has 29 heavy (non-hydrogen) atoms. The van der Waals surface area contributed by atoms with Crippen LogP contribution in [-0.2, 0) is 20.4 Å². The van der Waals surface area contributed by atoms with Gasteiger partial charge in [0.2, 0.25) is 5.91 Å². The standard InChI is InChI=1S/C19H14Cl3N3O3S/c1-11(26)25-17-8-12(5-6-23-17)13-7-14(19(22)24-9-13)10-29(27,28)16-4-2-3-15(20)18(16)21/h2-9H,10H2,1H3,(H,23,25,26). The molecule has 1 amide bonds.